The van der Waals surface area contributed by atoms with Gasteiger partial charge in [0.05, 0.1) is 11.4 Å². The molecule has 8 heteroatoms. The second kappa shape index (κ2) is 9.43. The van der Waals surface area contributed by atoms with Crippen LogP contribution in [0, 0.1) is 0 Å². The second-order valence-corrected chi connectivity index (χ2v) is 8.85. The first-order valence-electron chi connectivity index (χ1n) is 10.3. The summed E-state index contributed by atoms with van der Waals surface area (Å²) in [6, 6.07) is 13.6. The predicted octanol–water partition coefficient (Wildman–Crippen LogP) is 3.88. The molecule has 2 aliphatic rings. The molecule has 2 heterocycles. The van der Waals surface area contributed by atoms with Gasteiger partial charge in [-0.15, -0.1) is 0 Å². The molecule has 6 nitrogen and oxygen atoms in total. The zero-order valence-electron chi connectivity index (χ0n) is 16.9. The van der Waals surface area contributed by atoms with E-state index in [0.717, 1.165) is 62.9 Å². The highest BCUT2D eigenvalue weighted by Gasteiger charge is 2.31. The Kier molecular flexibility index (Phi) is 6.68. The number of carbonyl (C=O) groups is 1. The largest absolute Gasteiger partial charge is 0.368 e. The molecule has 2 amide bonds. The minimum Gasteiger partial charge on any atom is -0.368 e. The Morgan fingerprint density at radius 2 is 1.70 bits per heavy atom. The molecule has 160 valence electrons. The molecule has 2 aromatic carbocycles. The van der Waals surface area contributed by atoms with Crippen molar-refractivity contribution in [2.45, 2.75) is 19.0 Å². The third-order valence-corrected chi connectivity index (χ3v) is 6.45. The van der Waals surface area contributed by atoms with E-state index in [1.807, 2.05) is 24.3 Å². The molecule has 0 bridgehead atoms. The summed E-state index contributed by atoms with van der Waals surface area (Å²) in [5.41, 5.74) is 8.28. The van der Waals surface area contributed by atoms with Crippen LogP contribution in [-0.4, -0.2) is 61.1 Å². The van der Waals surface area contributed by atoms with Crippen LogP contribution >= 0.6 is 23.2 Å². The van der Waals surface area contributed by atoms with Gasteiger partial charge in [-0.2, -0.15) is 0 Å². The molecule has 4 rings (SSSR count). The molecule has 2 aliphatic heterocycles. The summed E-state index contributed by atoms with van der Waals surface area (Å²) < 4.78 is 0. The molecule has 2 aromatic rings. The number of halogens is 2. The molecule has 1 unspecified atom stereocenters. The molecule has 0 radical (unpaired) electrons. The monoisotopic (exact) mass is 447 g/mol. The Bertz CT molecular complexity index is 884. The number of nitrogens with two attached hydrogens (primary N) is 1. The van der Waals surface area contributed by atoms with Crippen LogP contribution in [0.4, 0.5) is 16.2 Å². The van der Waals surface area contributed by atoms with Crippen LogP contribution in [0.25, 0.3) is 0 Å². The molecule has 0 aromatic heterocycles. The molecule has 2 fully saturated rings. The number of nitrogens with one attached hydrogen (secondary N) is 1. The van der Waals surface area contributed by atoms with Crippen molar-refractivity contribution in [1.29, 1.82) is 0 Å². The number of carbonyl (C=O) groups excluding carboxylic acids is 1. The standard InChI is InChI=1S/C22H27Cl2N5O/c23-17-3-1-16(2-4-17)14-27-9-11-28(12-10-27)19-7-8-29(15-19)21-6-5-18(24)13-20(21)26-22(25)30/h1-6,13,19H,7-12,14-15H2,(H3,25,26,30). The van der Waals surface area contributed by atoms with Gasteiger partial charge in [0.2, 0.25) is 0 Å². The number of rotatable bonds is 5. The van der Waals surface area contributed by atoms with E-state index in [1.54, 1.807) is 6.07 Å². The predicted molar refractivity (Wildman–Crippen MR) is 124 cm³/mol. The van der Waals surface area contributed by atoms with E-state index in [4.69, 9.17) is 28.9 Å². The van der Waals surface area contributed by atoms with Crippen molar-refractivity contribution >= 4 is 40.6 Å². The van der Waals surface area contributed by atoms with Crippen LogP contribution in [0.2, 0.25) is 10.0 Å². The summed E-state index contributed by atoms with van der Waals surface area (Å²) >= 11 is 12.1. The highest BCUT2D eigenvalue weighted by molar-refractivity contribution is 6.31. The Morgan fingerprint density at radius 1 is 1.00 bits per heavy atom. The van der Waals surface area contributed by atoms with E-state index >= 15 is 0 Å². The van der Waals surface area contributed by atoms with Crippen molar-refractivity contribution in [2.75, 3.05) is 49.5 Å². The molecular formula is C22H27Cl2N5O. The van der Waals surface area contributed by atoms with E-state index < -0.39 is 6.03 Å². The van der Waals surface area contributed by atoms with Crippen molar-refractivity contribution < 1.29 is 4.79 Å². The van der Waals surface area contributed by atoms with E-state index in [2.05, 4.69) is 32.1 Å². The van der Waals surface area contributed by atoms with Gasteiger partial charge < -0.3 is 16.0 Å². The zero-order valence-corrected chi connectivity index (χ0v) is 18.4. The van der Waals surface area contributed by atoms with E-state index in [-0.39, 0.29) is 0 Å². The first-order chi connectivity index (χ1) is 14.5. The van der Waals surface area contributed by atoms with Crippen molar-refractivity contribution in [2.24, 2.45) is 5.73 Å². The number of urea groups is 1. The highest BCUT2D eigenvalue weighted by Crippen LogP contribution is 2.32. The van der Waals surface area contributed by atoms with E-state index in [1.165, 1.54) is 5.56 Å². The van der Waals surface area contributed by atoms with Gasteiger partial charge in [0, 0.05) is 61.9 Å². The van der Waals surface area contributed by atoms with Gasteiger partial charge in [0.15, 0.2) is 0 Å². The van der Waals surface area contributed by atoms with Crippen LogP contribution in [0.15, 0.2) is 42.5 Å². The minimum atomic E-state index is -0.578. The molecule has 0 spiro atoms. The summed E-state index contributed by atoms with van der Waals surface area (Å²) in [6.07, 6.45) is 1.11. The summed E-state index contributed by atoms with van der Waals surface area (Å²) in [6.45, 7) is 7.12. The van der Waals surface area contributed by atoms with Gasteiger partial charge in [0.25, 0.3) is 0 Å². The number of hydrogen-bond acceptors (Lipinski definition) is 4. The average Bonchev–Trinajstić information content (AvgIpc) is 3.20. The summed E-state index contributed by atoms with van der Waals surface area (Å²) in [5, 5.41) is 4.06. The Balaban J connectivity index is 1.32. The quantitative estimate of drug-likeness (QED) is 0.729. The van der Waals surface area contributed by atoms with Gasteiger partial charge in [-0.1, -0.05) is 35.3 Å². The SMILES string of the molecule is NC(=O)Nc1cc(Cl)ccc1N1CCC(N2CCN(Cc3ccc(Cl)cc3)CC2)C1. The molecule has 30 heavy (non-hydrogen) atoms. The Labute approximate surface area is 187 Å². The van der Waals surface area contributed by atoms with E-state index in [9.17, 15) is 4.79 Å². The summed E-state index contributed by atoms with van der Waals surface area (Å²) in [7, 11) is 0. The smallest absolute Gasteiger partial charge is 0.316 e. The number of benzene rings is 2. The highest BCUT2D eigenvalue weighted by atomic mass is 35.5. The molecule has 1 atom stereocenters. The van der Waals surface area contributed by atoms with Gasteiger partial charge in [-0.25, -0.2) is 4.79 Å². The van der Waals surface area contributed by atoms with Crippen LogP contribution in [0.1, 0.15) is 12.0 Å². The van der Waals surface area contributed by atoms with E-state index in [0.29, 0.717) is 16.8 Å². The average molecular weight is 448 g/mol. The second-order valence-electron chi connectivity index (χ2n) is 7.98. The fourth-order valence-electron chi connectivity index (χ4n) is 4.41. The molecule has 2 saturated heterocycles. The lowest BCUT2D eigenvalue weighted by Gasteiger charge is -2.38. The van der Waals surface area contributed by atoms with Crippen molar-refractivity contribution in [3.8, 4) is 0 Å². The van der Waals surface area contributed by atoms with Crippen molar-refractivity contribution in [3.63, 3.8) is 0 Å². The van der Waals surface area contributed by atoms with Gasteiger partial charge >= 0.3 is 6.03 Å². The van der Waals surface area contributed by atoms with Gasteiger partial charge in [-0.05, 0) is 42.3 Å². The number of nitrogens with zero attached hydrogens (tertiary/aromatic N) is 3. The zero-order chi connectivity index (χ0) is 21.1. The van der Waals surface area contributed by atoms with Crippen molar-refractivity contribution in [3.05, 3.63) is 58.1 Å². The maximum Gasteiger partial charge on any atom is 0.316 e. The van der Waals surface area contributed by atoms with Crippen LogP contribution < -0.4 is 16.0 Å². The topological polar surface area (TPSA) is 64.8 Å². The Morgan fingerprint density at radius 3 is 2.40 bits per heavy atom. The van der Waals surface area contributed by atoms with Crippen molar-refractivity contribution in [1.82, 2.24) is 9.80 Å². The lowest BCUT2D eigenvalue weighted by molar-refractivity contribution is 0.0987. The number of primary amides is 1. The number of anilines is 2. The normalized spacial score (nSPS) is 20.5. The molecule has 3 N–H and O–H groups in total. The fourth-order valence-corrected chi connectivity index (χ4v) is 4.71. The maximum atomic E-state index is 11.4. The molecule has 0 aliphatic carbocycles. The first-order valence-corrected chi connectivity index (χ1v) is 11.1. The Hall–Kier alpha value is -1.99. The number of piperazine rings is 1. The third-order valence-electron chi connectivity index (χ3n) is 5.96. The van der Waals surface area contributed by atoms with Crippen LogP contribution in [-0.2, 0) is 6.54 Å². The first kappa shape index (κ1) is 21.2. The van der Waals surface area contributed by atoms with Crippen LogP contribution in [0.3, 0.4) is 0 Å². The minimum absolute atomic E-state index is 0.514. The van der Waals surface area contributed by atoms with Crippen LogP contribution in [0.5, 0.6) is 0 Å². The number of amides is 2. The molecule has 0 saturated carbocycles. The van der Waals surface area contributed by atoms with Gasteiger partial charge in [-0.3, -0.25) is 9.80 Å². The van der Waals surface area contributed by atoms with Gasteiger partial charge in [0.1, 0.15) is 0 Å². The lowest BCUT2D eigenvalue weighted by atomic mass is 10.1. The summed E-state index contributed by atoms with van der Waals surface area (Å²) in [5.74, 6) is 0. The fraction of sp³-hybridized carbons (Fsp3) is 0.409. The molecular weight excluding hydrogens is 421 g/mol. The summed E-state index contributed by atoms with van der Waals surface area (Å²) in [4.78, 5) is 18.8. The lowest BCUT2D eigenvalue weighted by Crippen LogP contribution is -2.50. The number of hydrogen-bond donors (Lipinski definition) is 2. The third kappa shape index (κ3) is 5.19. The maximum absolute atomic E-state index is 11.4.